The van der Waals surface area contributed by atoms with Crippen molar-refractivity contribution in [3.05, 3.63) is 35.6 Å². The van der Waals surface area contributed by atoms with Crippen LogP contribution in [0.3, 0.4) is 0 Å². The highest BCUT2D eigenvalue weighted by Gasteiger charge is 2.47. The van der Waals surface area contributed by atoms with Gasteiger partial charge in [0.15, 0.2) is 5.79 Å². The van der Waals surface area contributed by atoms with E-state index in [9.17, 15) is 14.6 Å². The molecule has 0 saturated carbocycles. The Bertz CT molecular complexity index is 509. The van der Waals surface area contributed by atoms with Gasteiger partial charge in [0.25, 0.3) is 0 Å². The first kappa shape index (κ1) is 18.3. The average molecular weight is 330 g/mol. The molecular weight excluding hydrogens is 307 g/mol. The van der Waals surface area contributed by atoms with E-state index in [1.165, 1.54) is 6.07 Å². The number of rotatable bonds is 7. The molecular formula is C16H23FO6. The van der Waals surface area contributed by atoms with Crippen molar-refractivity contribution in [1.29, 1.82) is 0 Å². The van der Waals surface area contributed by atoms with Crippen LogP contribution in [0.1, 0.15) is 19.4 Å². The van der Waals surface area contributed by atoms with Crippen molar-refractivity contribution in [2.24, 2.45) is 0 Å². The Kier molecular flexibility index (Phi) is 6.07. The SMILES string of the molecule is CC1(C)O[C@H]([C@H](O)CO)[C@@H]([C@H](O)COCc2ccccc2F)O1. The lowest BCUT2D eigenvalue weighted by Crippen LogP contribution is -2.45. The van der Waals surface area contributed by atoms with Crippen LogP contribution in [0, 0.1) is 5.82 Å². The number of halogens is 1. The quantitative estimate of drug-likeness (QED) is 0.678. The van der Waals surface area contributed by atoms with Gasteiger partial charge in [-0.15, -0.1) is 0 Å². The summed E-state index contributed by atoms with van der Waals surface area (Å²) in [4.78, 5) is 0. The van der Waals surface area contributed by atoms with Crippen LogP contribution in [-0.2, 0) is 20.8 Å². The highest BCUT2D eigenvalue weighted by Crippen LogP contribution is 2.32. The van der Waals surface area contributed by atoms with Crippen LogP contribution >= 0.6 is 0 Å². The molecule has 6 nitrogen and oxygen atoms in total. The zero-order valence-corrected chi connectivity index (χ0v) is 13.2. The van der Waals surface area contributed by atoms with Crippen molar-refractivity contribution >= 4 is 0 Å². The Hall–Kier alpha value is -1.09. The zero-order chi connectivity index (χ0) is 17.0. The van der Waals surface area contributed by atoms with Crippen LogP contribution in [0.4, 0.5) is 4.39 Å². The molecule has 0 aromatic heterocycles. The van der Waals surface area contributed by atoms with E-state index in [1.54, 1.807) is 32.0 Å². The summed E-state index contributed by atoms with van der Waals surface area (Å²) in [6.07, 6.45) is -3.99. The van der Waals surface area contributed by atoms with E-state index < -0.39 is 36.8 Å². The molecule has 3 N–H and O–H groups in total. The topological polar surface area (TPSA) is 88.4 Å². The molecule has 0 bridgehead atoms. The standard InChI is InChI=1S/C16H23FO6/c1-16(2)22-14(12(19)7-18)15(23-16)13(20)9-21-8-10-5-3-4-6-11(10)17/h3-6,12-15,18-20H,7-9H2,1-2H3/t12-,13-,14-,15-/m1/s1. The fourth-order valence-electron chi connectivity index (χ4n) is 2.52. The highest BCUT2D eigenvalue weighted by molar-refractivity contribution is 5.16. The van der Waals surface area contributed by atoms with Gasteiger partial charge in [-0.25, -0.2) is 4.39 Å². The minimum atomic E-state index is -1.18. The third-order valence-corrected chi connectivity index (χ3v) is 3.61. The molecule has 23 heavy (non-hydrogen) atoms. The second-order valence-corrected chi connectivity index (χ2v) is 5.99. The Morgan fingerprint density at radius 2 is 1.78 bits per heavy atom. The van der Waals surface area contributed by atoms with Gasteiger partial charge in [0.1, 0.15) is 30.2 Å². The Morgan fingerprint density at radius 3 is 2.39 bits per heavy atom. The molecule has 0 unspecified atom stereocenters. The number of aliphatic hydroxyl groups is 3. The normalized spacial score (nSPS) is 26.2. The Labute approximate surface area is 134 Å². The summed E-state index contributed by atoms with van der Waals surface area (Å²) in [5.41, 5.74) is 0.385. The van der Waals surface area contributed by atoms with Gasteiger partial charge < -0.3 is 29.5 Å². The second kappa shape index (κ2) is 7.65. The van der Waals surface area contributed by atoms with Crippen molar-refractivity contribution in [2.75, 3.05) is 13.2 Å². The Balaban J connectivity index is 1.91. The molecule has 4 atom stereocenters. The van der Waals surface area contributed by atoms with Crippen molar-refractivity contribution in [3.63, 3.8) is 0 Å². The van der Waals surface area contributed by atoms with Crippen molar-refractivity contribution in [1.82, 2.24) is 0 Å². The van der Waals surface area contributed by atoms with Gasteiger partial charge >= 0.3 is 0 Å². The van der Waals surface area contributed by atoms with Crippen LogP contribution in [-0.4, -0.2) is 58.7 Å². The molecule has 1 saturated heterocycles. The minimum Gasteiger partial charge on any atom is -0.394 e. The van der Waals surface area contributed by atoms with E-state index in [-0.39, 0.29) is 19.0 Å². The van der Waals surface area contributed by atoms with Gasteiger partial charge in [-0.1, -0.05) is 18.2 Å². The van der Waals surface area contributed by atoms with Crippen LogP contribution < -0.4 is 0 Å². The zero-order valence-electron chi connectivity index (χ0n) is 13.2. The van der Waals surface area contributed by atoms with E-state index in [2.05, 4.69) is 0 Å². The van der Waals surface area contributed by atoms with Crippen LogP contribution in [0.15, 0.2) is 24.3 Å². The molecule has 1 aliphatic rings. The molecule has 0 radical (unpaired) electrons. The lowest BCUT2D eigenvalue weighted by molar-refractivity contribution is -0.164. The van der Waals surface area contributed by atoms with Gasteiger partial charge in [0.05, 0.1) is 19.8 Å². The number of benzene rings is 1. The third kappa shape index (κ3) is 4.69. The van der Waals surface area contributed by atoms with Gasteiger partial charge in [-0.3, -0.25) is 0 Å². The summed E-state index contributed by atoms with van der Waals surface area (Å²) in [6.45, 7) is 2.68. The first-order valence-corrected chi connectivity index (χ1v) is 7.48. The number of hydrogen-bond acceptors (Lipinski definition) is 6. The lowest BCUT2D eigenvalue weighted by atomic mass is 10.0. The molecule has 0 spiro atoms. The van der Waals surface area contributed by atoms with E-state index in [0.717, 1.165) is 0 Å². The largest absolute Gasteiger partial charge is 0.394 e. The molecule has 1 fully saturated rings. The smallest absolute Gasteiger partial charge is 0.164 e. The van der Waals surface area contributed by atoms with Crippen LogP contribution in [0.2, 0.25) is 0 Å². The maximum atomic E-state index is 13.5. The van der Waals surface area contributed by atoms with Gasteiger partial charge in [-0.05, 0) is 19.9 Å². The molecule has 1 aliphatic heterocycles. The fraction of sp³-hybridized carbons (Fsp3) is 0.625. The van der Waals surface area contributed by atoms with E-state index in [4.69, 9.17) is 19.3 Å². The summed E-state index contributed by atoms with van der Waals surface area (Å²) in [5.74, 6) is -1.37. The van der Waals surface area contributed by atoms with E-state index in [0.29, 0.717) is 5.56 Å². The predicted octanol–water partition coefficient (Wildman–Crippen LogP) is 0.576. The molecule has 0 aliphatic carbocycles. The maximum absolute atomic E-state index is 13.5. The monoisotopic (exact) mass is 330 g/mol. The van der Waals surface area contributed by atoms with Crippen molar-refractivity contribution in [2.45, 2.75) is 50.7 Å². The number of ether oxygens (including phenoxy) is 3. The molecule has 0 amide bonds. The van der Waals surface area contributed by atoms with Crippen molar-refractivity contribution < 1.29 is 33.9 Å². The first-order valence-electron chi connectivity index (χ1n) is 7.48. The third-order valence-electron chi connectivity index (χ3n) is 3.61. The first-order chi connectivity index (χ1) is 10.8. The minimum absolute atomic E-state index is 0.00786. The van der Waals surface area contributed by atoms with Crippen LogP contribution in [0.25, 0.3) is 0 Å². The van der Waals surface area contributed by atoms with E-state index in [1.807, 2.05) is 0 Å². The average Bonchev–Trinajstić information content (AvgIpc) is 2.84. The molecule has 2 rings (SSSR count). The molecule has 1 aromatic rings. The number of hydrogen-bond donors (Lipinski definition) is 3. The molecule has 1 heterocycles. The lowest BCUT2D eigenvalue weighted by Gasteiger charge is -2.24. The summed E-state index contributed by atoms with van der Waals surface area (Å²) in [5, 5.41) is 29.1. The van der Waals surface area contributed by atoms with Gasteiger partial charge in [0.2, 0.25) is 0 Å². The van der Waals surface area contributed by atoms with Crippen molar-refractivity contribution in [3.8, 4) is 0 Å². The molecule has 1 aromatic carbocycles. The summed E-state index contributed by atoms with van der Waals surface area (Å²) in [7, 11) is 0. The second-order valence-electron chi connectivity index (χ2n) is 5.99. The molecule has 130 valence electrons. The molecule has 7 heteroatoms. The van der Waals surface area contributed by atoms with Crippen LogP contribution in [0.5, 0.6) is 0 Å². The summed E-state index contributed by atoms with van der Waals surface area (Å²) in [6, 6.07) is 6.21. The fourth-order valence-corrected chi connectivity index (χ4v) is 2.52. The van der Waals surface area contributed by atoms with E-state index >= 15 is 0 Å². The highest BCUT2D eigenvalue weighted by atomic mass is 19.1. The summed E-state index contributed by atoms with van der Waals surface area (Å²) < 4.78 is 29.9. The number of aliphatic hydroxyl groups excluding tert-OH is 3. The Morgan fingerprint density at radius 1 is 1.17 bits per heavy atom. The maximum Gasteiger partial charge on any atom is 0.164 e. The van der Waals surface area contributed by atoms with Gasteiger partial charge in [0, 0.05) is 5.56 Å². The predicted molar refractivity (Wildman–Crippen MR) is 79.0 cm³/mol. The van der Waals surface area contributed by atoms with Gasteiger partial charge in [-0.2, -0.15) is 0 Å². The summed E-state index contributed by atoms with van der Waals surface area (Å²) >= 11 is 0.